The van der Waals surface area contributed by atoms with E-state index >= 15 is 0 Å². The number of benzene rings is 2. The normalized spacial score (nSPS) is 10.6. The second-order valence-electron chi connectivity index (χ2n) is 4.07. The van der Waals surface area contributed by atoms with Crippen molar-refractivity contribution in [2.24, 2.45) is 0 Å². The maximum atomic E-state index is 6.07. The van der Waals surface area contributed by atoms with Crippen LogP contribution < -0.4 is 5.32 Å². The van der Waals surface area contributed by atoms with Gasteiger partial charge < -0.3 is 5.32 Å². The SMILES string of the molecule is CCNCc1ccccc1-c1ccc(Cl)c(Cl)c1. The molecule has 2 aromatic rings. The molecule has 1 N–H and O–H groups in total. The van der Waals surface area contributed by atoms with Crippen molar-refractivity contribution in [3.8, 4) is 11.1 Å². The Balaban J connectivity index is 2.39. The molecule has 0 radical (unpaired) electrons. The highest BCUT2D eigenvalue weighted by Crippen LogP contribution is 2.30. The zero-order chi connectivity index (χ0) is 13.0. The fraction of sp³-hybridized carbons (Fsp3) is 0.200. The van der Waals surface area contributed by atoms with Crippen LogP contribution in [0.3, 0.4) is 0 Å². The molecular formula is C15H15Cl2N. The maximum absolute atomic E-state index is 6.07. The van der Waals surface area contributed by atoms with E-state index in [-0.39, 0.29) is 0 Å². The second-order valence-corrected chi connectivity index (χ2v) is 4.88. The van der Waals surface area contributed by atoms with Gasteiger partial charge in [0.25, 0.3) is 0 Å². The Bertz CT molecular complexity index is 538. The van der Waals surface area contributed by atoms with E-state index in [1.54, 1.807) is 0 Å². The Morgan fingerprint density at radius 2 is 1.78 bits per heavy atom. The Hall–Kier alpha value is -1.02. The highest BCUT2D eigenvalue weighted by atomic mass is 35.5. The van der Waals surface area contributed by atoms with Crippen LogP contribution >= 0.6 is 23.2 Å². The highest BCUT2D eigenvalue weighted by molar-refractivity contribution is 6.42. The average molecular weight is 280 g/mol. The summed E-state index contributed by atoms with van der Waals surface area (Å²) in [6.07, 6.45) is 0. The van der Waals surface area contributed by atoms with E-state index in [0.29, 0.717) is 10.0 Å². The molecule has 0 spiro atoms. The van der Waals surface area contributed by atoms with Crippen LogP contribution in [0.4, 0.5) is 0 Å². The number of hydrogen-bond donors (Lipinski definition) is 1. The molecule has 0 aliphatic rings. The molecule has 0 fully saturated rings. The van der Waals surface area contributed by atoms with E-state index in [9.17, 15) is 0 Å². The van der Waals surface area contributed by atoms with Crippen molar-refractivity contribution >= 4 is 23.2 Å². The summed E-state index contributed by atoms with van der Waals surface area (Å²) in [5.74, 6) is 0. The molecule has 0 bridgehead atoms. The van der Waals surface area contributed by atoms with E-state index in [1.165, 1.54) is 11.1 Å². The van der Waals surface area contributed by atoms with Gasteiger partial charge in [-0.05, 0) is 35.4 Å². The molecule has 2 aromatic carbocycles. The van der Waals surface area contributed by atoms with Crippen LogP contribution in [-0.2, 0) is 6.54 Å². The molecule has 0 aliphatic heterocycles. The predicted octanol–water partition coefficient (Wildman–Crippen LogP) is 4.77. The van der Waals surface area contributed by atoms with Crippen molar-refractivity contribution in [2.45, 2.75) is 13.5 Å². The molecule has 0 amide bonds. The van der Waals surface area contributed by atoms with E-state index in [1.807, 2.05) is 30.3 Å². The first kappa shape index (κ1) is 13.4. The summed E-state index contributed by atoms with van der Waals surface area (Å²) in [5.41, 5.74) is 3.55. The number of halogens is 2. The minimum Gasteiger partial charge on any atom is -0.313 e. The Labute approximate surface area is 118 Å². The molecule has 1 nitrogen and oxygen atoms in total. The predicted molar refractivity (Wildman–Crippen MR) is 79.3 cm³/mol. The fourth-order valence-corrected chi connectivity index (χ4v) is 2.18. The monoisotopic (exact) mass is 279 g/mol. The summed E-state index contributed by atoms with van der Waals surface area (Å²) in [6, 6.07) is 14.1. The molecular weight excluding hydrogens is 265 g/mol. The Morgan fingerprint density at radius 1 is 1.00 bits per heavy atom. The lowest BCUT2D eigenvalue weighted by molar-refractivity contribution is 0.728. The van der Waals surface area contributed by atoms with Gasteiger partial charge in [-0.1, -0.05) is 60.5 Å². The minimum atomic E-state index is 0.588. The van der Waals surface area contributed by atoms with Gasteiger partial charge in [0.05, 0.1) is 10.0 Å². The van der Waals surface area contributed by atoms with Gasteiger partial charge in [-0.2, -0.15) is 0 Å². The van der Waals surface area contributed by atoms with Gasteiger partial charge in [-0.3, -0.25) is 0 Å². The molecule has 94 valence electrons. The Morgan fingerprint density at radius 3 is 2.50 bits per heavy atom. The van der Waals surface area contributed by atoms with Crippen LogP contribution in [0.15, 0.2) is 42.5 Å². The van der Waals surface area contributed by atoms with Gasteiger partial charge in [-0.25, -0.2) is 0 Å². The average Bonchev–Trinajstić information content (AvgIpc) is 2.40. The zero-order valence-electron chi connectivity index (χ0n) is 10.2. The Kier molecular flexibility index (Phi) is 4.65. The molecule has 18 heavy (non-hydrogen) atoms. The lowest BCUT2D eigenvalue weighted by atomic mass is 10.00. The van der Waals surface area contributed by atoms with E-state index in [0.717, 1.165) is 18.7 Å². The first-order chi connectivity index (χ1) is 8.72. The third-order valence-corrected chi connectivity index (χ3v) is 3.55. The first-order valence-corrected chi connectivity index (χ1v) is 6.72. The third kappa shape index (κ3) is 3.05. The summed E-state index contributed by atoms with van der Waals surface area (Å²) in [6.45, 7) is 3.91. The fourth-order valence-electron chi connectivity index (χ4n) is 1.88. The highest BCUT2D eigenvalue weighted by Gasteiger charge is 2.06. The van der Waals surface area contributed by atoms with Gasteiger partial charge in [0.1, 0.15) is 0 Å². The lowest BCUT2D eigenvalue weighted by Crippen LogP contribution is -2.12. The smallest absolute Gasteiger partial charge is 0.0598 e. The van der Waals surface area contributed by atoms with Gasteiger partial charge in [0.15, 0.2) is 0 Å². The first-order valence-electron chi connectivity index (χ1n) is 5.96. The summed E-state index contributed by atoms with van der Waals surface area (Å²) in [5, 5.41) is 4.52. The quantitative estimate of drug-likeness (QED) is 0.850. The van der Waals surface area contributed by atoms with Crippen LogP contribution in [0.5, 0.6) is 0 Å². The van der Waals surface area contributed by atoms with E-state index in [2.05, 4.69) is 24.4 Å². The van der Waals surface area contributed by atoms with E-state index in [4.69, 9.17) is 23.2 Å². The van der Waals surface area contributed by atoms with Crippen LogP contribution in [0.2, 0.25) is 10.0 Å². The van der Waals surface area contributed by atoms with Crippen molar-refractivity contribution in [3.63, 3.8) is 0 Å². The maximum Gasteiger partial charge on any atom is 0.0598 e. The molecule has 0 unspecified atom stereocenters. The number of hydrogen-bond acceptors (Lipinski definition) is 1. The molecule has 0 atom stereocenters. The third-order valence-electron chi connectivity index (χ3n) is 2.81. The molecule has 0 aromatic heterocycles. The molecule has 0 saturated heterocycles. The van der Waals surface area contributed by atoms with Gasteiger partial charge in [-0.15, -0.1) is 0 Å². The van der Waals surface area contributed by atoms with Crippen molar-refractivity contribution < 1.29 is 0 Å². The van der Waals surface area contributed by atoms with Gasteiger partial charge in [0.2, 0.25) is 0 Å². The second kappa shape index (κ2) is 6.24. The largest absolute Gasteiger partial charge is 0.313 e. The molecule has 3 heteroatoms. The zero-order valence-corrected chi connectivity index (χ0v) is 11.7. The van der Waals surface area contributed by atoms with Crippen LogP contribution in [-0.4, -0.2) is 6.54 Å². The van der Waals surface area contributed by atoms with E-state index < -0.39 is 0 Å². The minimum absolute atomic E-state index is 0.588. The number of rotatable bonds is 4. The van der Waals surface area contributed by atoms with Crippen molar-refractivity contribution in [1.82, 2.24) is 5.32 Å². The summed E-state index contributed by atoms with van der Waals surface area (Å²) in [4.78, 5) is 0. The van der Waals surface area contributed by atoms with Crippen LogP contribution in [0.1, 0.15) is 12.5 Å². The lowest BCUT2D eigenvalue weighted by Gasteiger charge is -2.10. The van der Waals surface area contributed by atoms with Crippen LogP contribution in [0, 0.1) is 0 Å². The van der Waals surface area contributed by atoms with Crippen molar-refractivity contribution in [3.05, 3.63) is 58.1 Å². The van der Waals surface area contributed by atoms with Crippen molar-refractivity contribution in [2.75, 3.05) is 6.54 Å². The molecule has 0 heterocycles. The summed E-state index contributed by atoms with van der Waals surface area (Å²) in [7, 11) is 0. The standard InChI is InChI=1S/C15H15Cl2N/c1-2-18-10-12-5-3-4-6-13(12)11-7-8-14(16)15(17)9-11/h3-9,18H,2,10H2,1H3. The molecule has 0 aliphatic carbocycles. The molecule has 0 saturated carbocycles. The van der Waals surface area contributed by atoms with Gasteiger partial charge in [0, 0.05) is 6.54 Å². The van der Waals surface area contributed by atoms with Crippen molar-refractivity contribution in [1.29, 1.82) is 0 Å². The summed E-state index contributed by atoms with van der Waals surface area (Å²) >= 11 is 12.0. The number of nitrogens with one attached hydrogen (secondary N) is 1. The van der Waals surface area contributed by atoms with Crippen LogP contribution in [0.25, 0.3) is 11.1 Å². The molecule has 2 rings (SSSR count). The van der Waals surface area contributed by atoms with Gasteiger partial charge >= 0.3 is 0 Å². The summed E-state index contributed by atoms with van der Waals surface area (Å²) < 4.78 is 0. The topological polar surface area (TPSA) is 12.0 Å².